The predicted molar refractivity (Wildman–Crippen MR) is 138 cm³/mol. The Morgan fingerprint density at radius 1 is 0.765 bits per heavy atom. The molecule has 0 amide bonds. The lowest BCUT2D eigenvalue weighted by atomic mass is 9.98. The van der Waals surface area contributed by atoms with Gasteiger partial charge in [0.05, 0.1) is 17.7 Å². The summed E-state index contributed by atoms with van der Waals surface area (Å²) in [6, 6.07) is 15.1. The first kappa shape index (κ1) is 27.6. The Balaban J connectivity index is 0.000000241. The van der Waals surface area contributed by atoms with Gasteiger partial charge >= 0.3 is 11.9 Å². The average Bonchev–Trinajstić information content (AvgIpc) is 2.84. The maximum Gasteiger partial charge on any atom is 0.338 e. The molecule has 0 saturated heterocycles. The fourth-order valence-electron chi connectivity index (χ4n) is 4.08. The number of carbonyl (C=O) groups is 2. The normalized spacial score (nSPS) is 13.5. The van der Waals surface area contributed by atoms with E-state index in [1.807, 2.05) is 56.3 Å². The lowest BCUT2D eigenvalue weighted by molar-refractivity contribution is 0.0211. The van der Waals surface area contributed by atoms with Gasteiger partial charge in [-0.1, -0.05) is 80.8 Å². The first-order valence-electron chi connectivity index (χ1n) is 13.0. The van der Waals surface area contributed by atoms with Gasteiger partial charge < -0.3 is 9.47 Å². The molecule has 2 aromatic carbocycles. The van der Waals surface area contributed by atoms with Crippen LogP contribution in [0.25, 0.3) is 0 Å². The van der Waals surface area contributed by atoms with Crippen LogP contribution in [0, 0.1) is 13.8 Å². The molecule has 4 heteroatoms. The van der Waals surface area contributed by atoms with Crippen LogP contribution in [-0.2, 0) is 9.47 Å². The van der Waals surface area contributed by atoms with E-state index in [-0.39, 0.29) is 18.0 Å². The van der Waals surface area contributed by atoms with E-state index in [9.17, 15) is 9.59 Å². The Morgan fingerprint density at radius 2 is 1.32 bits per heavy atom. The van der Waals surface area contributed by atoms with E-state index in [1.54, 1.807) is 6.07 Å². The summed E-state index contributed by atoms with van der Waals surface area (Å²) in [7, 11) is 0. The third-order valence-electron chi connectivity index (χ3n) is 6.06. The first-order valence-corrected chi connectivity index (χ1v) is 13.0. The third kappa shape index (κ3) is 11.0. The zero-order valence-corrected chi connectivity index (χ0v) is 21.3. The fourth-order valence-corrected chi connectivity index (χ4v) is 4.08. The Morgan fingerprint density at radius 3 is 1.91 bits per heavy atom. The van der Waals surface area contributed by atoms with E-state index >= 15 is 0 Å². The molecule has 0 radical (unpaired) electrons. The van der Waals surface area contributed by atoms with Crippen LogP contribution in [0.2, 0.25) is 0 Å². The number of aryl methyl sites for hydroxylation is 2. The SMILES string of the molecule is CCCCCCCCOC(=O)c1cccc(C)c1.Cc1cccc(C(=O)OC2CCCCC2)c1. The van der Waals surface area contributed by atoms with Gasteiger partial charge in [-0.05, 0) is 70.2 Å². The summed E-state index contributed by atoms with van der Waals surface area (Å²) in [5, 5.41) is 0. The molecule has 1 saturated carbocycles. The van der Waals surface area contributed by atoms with Gasteiger partial charge in [-0.2, -0.15) is 0 Å². The molecule has 34 heavy (non-hydrogen) atoms. The van der Waals surface area contributed by atoms with Gasteiger partial charge in [0.2, 0.25) is 0 Å². The van der Waals surface area contributed by atoms with Crippen molar-refractivity contribution < 1.29 is 19.1 Å². The zero-order valence-electron chi connectivity index (χ0n) is 21.3. The van der Waals surface area contributed by atoms with Crippen LogP contribution in [0.1, 0.15) is 109 Å². The molecule has 1 fully saturated rings. The standard InChI is InChI=1S/C16H24O2.C14H18O2/c1-3-4-5-6-7-8-12-18-16(17)15-11-9-10-14(2)13-15;1-11-6-5-7-12(10-11)14(15)16-13-8-3-2-4-9-13/h9-11,13H,3-8,12H2,1-2H3;5-7,10,13H,2-4,8-9H2,1H3. The Bertz CT molecular complexity index is 868. The quantitative estimate of drug-likeness (QED) is 0.263. The van der Waals surface area contributed by atoms with Gasteiger partial charge in [-0.15, -0.1) is 0 Å². The average molecular weight is 467 g/mol. The summed E-state index contributed by atoms with van der Waals surface area (Å²) in [6.07, 6.45) is 13.1. The van der Waals surface area contributed by atoms with Crippen molar-refractivity contribution in [2.75, 3.05) is 6.61 Å². The number of hydrogen-bond donors (Lipinski definition) is 0. The highest BCUT2D eigenvalue weighted by Gasteiger charge is 2.18. The highest BCUT2D eigenvalue weighted by molar-refractivity contribution is 5.90. The van der Waals surface area contributed by atoms with Crippen molar-refractivity contribution in [2.24, 2.45) is 0 Å². The van der Waals surface area contributed by atoms with Crippen LogP contribution in [0.5, 0.6) is 0 Å². The first-order chi connectivity index (χ1) is 16.5. The van der Waals surface area contributed by atoms with Crippen molar-refractivity contribution in [2.45, 2.75) is 97.5 Å². The van der Waals surface area contributed by atoms with E-state index in [4.69, 9.17) is 9.47 Å². The number of esters is 2. The monoisotopic (exact) mass is 466 g/mol. The number of rotatable bonds is 10. The number of ether oxygens (including phenoxy) is 2. The van der Waals surface area contributed by atoms with Gasteiger partial charge in [0.15, 0.2) is 0 Å². The summed E-state index contributed by atoms with van der Waals surface area (Å²) in [4.78, 5) is 23.6. The van der Waals surface area contributed by atoms with E-state index in [0.29, 0.717) is 17.7 Å². The molecule has 0 aromatic heterocycles. The lowest BCUT2D eigenvalue weighted by Gasteiger charge is -2.21. The second kappa shape index (κ2) is 16.1. The summed E-state index contributed by atoms with van der Waals surface area (Å²) >= 11 is 0. The second-order valence-corrected chi connectivity index (χ2v) is 9.31. The summed E-state index contributed by atoms with van der Waals surface area (Å²) in [6.45, 7) is 6.71. The molecule has 0 spiro atoms. The van der Waals surface area contributed by atoms with Crippen molar-refractivity contribution in [1.82, 2.24) is 0 Å². The second-order valence-electron chi connectivity index (χ2n) is 9.31. The predicted octanol–water partition coefficient (Wildman–Crippen LogP) is 8.00. The van der Waals surface area contributed by atoms with Gasteiger partial charge in [-0.3, -0.25) is 0 Å². The summed E-state index contributed by atoms with van der Waals surface area (Å²) < 4.78 is 10.7. The maximum atomic E-state index is 11.8. The highest BCUT2D eigenvalue weighted by Crippen LogP contribution is 2.21. The molecule has 3 rings (SSSR count). The smallest absolute Gasteiger partial charge is 0.338 e. The van der Waals surface area contributed by atoms with E-state index < -0.39 is 0 Å². The molecular formula is C30H42O4. The zero-order chi connectivity index (χ0) is 24.6. The van der Waals surface area contributed by atoms with Crippen LogP contribution >= 0.6 is 0 Å². The lowest BCUT2D eigenvalue weighted by Crippen LogP contribution is -2.20. The van der Waals surface area contributed by atoms with Crippen LogP contribution in [-0.4, -0.2) is 24.6 Å². The number of unbranched alkanes of at least 4 members (excludes halogenated alkanes) is 5. The molecule has 0 heterocycles. The molecule has 0 aliphatic heterocycles. The minimum absolute atomic E-state index is 0.141. The molecule has 2 aromatic rings. The van der Waals surface area contributed by atoms with Crippen LogP contribution < -0.4 is 0 Å². The highest BCUT2D eigenvalue weighted by atomic mass is 16.5. The Kier molecular flexibility index (Phi) is 13.1. The molecule has 0 bridgehead atoms. The minimum Gasteiger partial charge on any atom is -0.462 e. The van der Waals surface area contributed by atoms with Crippen LogP contribution in [0.3, 0.4) is 0 Å². The molecule has 4 nitrogen and oxygen atoms in total. The van der Waals surface area contributed by atoms with Crippen LogP contribution in [0.4, 0.5) is 0 Å². The summed E-state index contributed by atoms with van der Waals surface area (Å²) in [5.41, 5.74) is 3.51. The van der Waals surface area contributed by atoms with Crippen molar-refractivity contribution in [3.8, 4) is 0 Å². The van der Waals surface area contributed by atoms with Gasteiger partial charge in [0.1, 0.15) is 6.10 Å². The Labute approximate surface area is 206 Å². The molecule has 0 atom stereocenters. The number of benzene rings is 2. The van der Waals surface area contributed by atoms with Gasteiger partial charge in [0, 0.05) is 0 Å². The van der Waals surface area contributed by atoms with Crippen LogP contribution in [0.15, 0.2) is 48.5 Å². The maximum absolute atomic E-state index is 11.8. The van der Waals surface area contributed by atoms with Gasteiger partial charge in [0.25, 0.3) is 0 Å². The van der Waals surface area contributed by atoms with Crippen molar-refractivity contribution in [3.05, 3.63) is 70.8 Å². The molecule has 0 N–H and O–H groups in total. The van der Waals surface area contributed by atoms with Crippen molar-refractivity contribution in [1.29, 1.82) is 0 Å². The number of hydrogen-bond acceptors (Lipinski definition) is 4. The topological polar surface area (TPSA) is 52.6 Å². The Hall–Kier alpha value is -2.62. The van der Waals surface area contributed by atoms with Crippen molar-refractivity contribution in [3.63, 3.8) is 0 Å². The number of carbonyl (C=O) groups excluding carboxylic acids is 2. The molecule has 1 aliphatic rings. The van der Waals surface area contributed by atoms with E-state index in [0.717, 1.165) is 36.8 Å². The largest absolute Gasteiger partial charge is 0.462 e. The van der Waals surface area contributed by atoms with Gasteiger partial charge in [-0.25, -0.2) is 9.59 Å². The molecule has 0 unspecified atom stereocenters. The minimum atomic E-state index is -0.202. The molecule has 186 valence electrons. The summed E-state index contributed by atoms with van der Waals surface area (Å²) in [5.74, 6) is -0.372. The fraction of sp³-hybridized carbons (Fsp3) is 0.533. The molecule has 1 aliphatic carbocycles. The third-order valence-corrected chi connectivity index (χ3v) is 6.06. The van der Waals surface area contributed by atoms with Crippen molar-refractivity contribution >= 4 is 11.9 Å². The van der Waals surface area contributed by atoms with E-state index in [1.165, 1.54) is 44.9 Å². The van der Waals surface area contributed by atoms with E-state index in [2.05, 4.69) is 6.92 Å². The molecular weight excluding hydrogens is 424 g/mol.